The molecule has 152 valence electrons. The van der Waals surface area contributed by atoms with Gasteiger partial charge in [-0.2, -0.15) is 4.52 Å². The van der Waals surface area contributed by atoms with Crippen LogP contribution in [0.25, 0.3) is 22.2 Å². The summed E-state index contributed by atoms with van der Waals surface area (Å²) in [6.45, 7) is 0. The Kier molecular flexibility index (Phi) is 4.48. The molecule has 31 heavy (non-hydrogen) atoms. The van der Waals surface area contributed by atoms with Crippen molar-refractivity contribution in [3.05, 3.63) is 101 Å². The molecule has 3 aromatic carbocycles. The summed E-state index contributed by atoms with van der Waals surface area (Å²) in [5, 5.41) is 2.79. The highest BCUT2D eigenvalue weighted by molar-refractivity contribution is 6.03. The molecule has 0 atom stereocenters. The molecule has 0 saturated carbocycles. The van der Waals surface area contributed by atoms with Crippen LogP contribution in [-0.2, 0) is 0 Å². The van der Waals surface area contributed by atoms with E-state index >= 15 is 0 Å². The summed E-state index contributed by atoms with van der Waals surface area (Å²) in [6, 6.07) is 23.6. The Bertz CT molecular complexity index is 1470. The number of nitrogens with zero attached hydrogens (tertiary/aromatic N) is 3. The summed E-state index contributed by atoms with van der Waals surface area (Å²) in [5.41, 5.74) is 2.88. The maximum atomic E-state index is 13.3. The van der Waals surface area contributed by atoms with Crippen molar-refractivity contribution >= 4 is 22.9 Å². The van der Waals surface area contributed by atoms with Gasteiger partial charge in [-0.15, -0.1) is 0 Å². The lowest BCUT2D eigenvalue weighted by molar-refractivity contribution is 0.102. The molecule has 1 amide bonds. The zero-order valence-corrected chi connectivity index (χ0v) is 16.6. The van der Waals surface area contributed by atoms with Gasteiger partial charge in [0.1, 0.15) is 5.75 Å². The molecule has 7 heteroatoms. The van der Waals surface area contributed by atoms with Crippen LogP contribution in [0, 0.1) is 0 Å². The van der Waals surface area contributed by atoms with Gasteiger partial charge in [0.05, 0.1) is 23.7 Å². The van der Waals surface area contributed by atoms with Crippen LogP contribution in [0.3, 0.4) is 0 Å². The summed E-state index contributed by atoms with van der Waals surface area (Å²) in [6.07, 6.45) is 1.77. The number of para-hydroxylation sites is 2. The minimum absolute atomic E-state index is 0.145. The first-order valence-corrected chi connectivity index (χ1v) is 9.69. The van der Waals surface area contributed by atoms with Gasteiger partial charge >= 0.3 is 0 Å². The normalized spacial score (nSPS) is 11.0. The van der Waals surface area contributed by atoms with Crippen molar-refractivity contribution in [3.63, 3.8) is 0 Å². The fourth-order valence-electron chi connectivity index (χ4n) is 3.55. The minimum Gasteiger partial charge on any atom is -0.497 e. The molecule has 0 radical (unpaired) electrons. The molecule has 5 rings (SSSR count). The van der Waals surface area contributed by atoms with Gasteiger partial charge in [-0.3, -0.25) is 14.9 Å². The highest BCUT2D eigenvalue weighted by Crippen LogP contribution is 2.20. The molecule has 0 spiro atoms. The van der Waals surface area contributed by atoms with Gasteiger partial charge < -0.3 is 4.74 Å². The lowest BCUT2D eigenvalue weighted by Crippen LogP contribution is -2.23. The van der Waals surface area contributed by atoms with Crippen molar-refractivity contribution < 1.29 is 9.53 Å². The fraction of sp³-hybridized carbons (Fsp3) is 0.0417. The number of nitrogens with one attached hydrogen (secondary N) is 1. The molecule has 0 saturated heterocycles. The van der Waals surface area contributed by atoms with Crippen LogP contribution in [0.2, 0.25) is 0 Å². The standard InChI is InChI=1S/C24H18N4O3/c1-31-18-13-11-17(12-14-18)22(29)26-24-25-20-9-5-6-10-21(20)27-15-19(23(30)28(24)27)16-7-3-2-4-8-16/h2-15H,1H3,(H,25,26,29). The third-order valence-electron chi connectivity index (χ3n) is 5.11. The smallest absolute Gasteiger partial charge is 0.282 e. The van der Waals surface area contributed by atoms with Gasteiger partial charge in [0.15, 0.2) is 0 Å². The van der Waals surface area contributed by atoms with Crippen molar-refractivity contribution in [2.24, 2.45) is 0 Å². The van der Waals surface area contributed by atoms with Crippen LogP contribution >= 0.6 is 0 Å². The molecular weight excluding hydrogens is 392 g/mol. The van der Waals surface area contributed by atoms with Crippen molar-refractivity contribution in [3.8, 4) is 16.9 Å². The molecular formula is C24H18N4O3. The van der Waals surface area contributed by atoms with Crippen LogP contribution < -0.4 is 15.6 Å². The van der Waals surface area contributed by atoms with Crippen molar-refractivity contribution in [2.75, 3.05) is 12.4 Å². The summed E-state index contributed by atoms with van der Waals surface area (Å²) in [7, 11) is 1.56. The molecule has 0 aliphatic heterocycles. The maximum Gasteiger partial charge on any atom is 0.282 e. The summed E-state index contributed by atoms with van der Waals surface area (Å²) in [5.74, 6) is 0.423. The lowest BCUT2D eigenvalue weighted by Gasteiger charge is -2.10. The second kappa shape index (κ2) is 7.46. The quantitative estimate of drug-likeness (QED) is 0.488. The number of aromatic nitrogens is 3. The molecule has 1 N–H and O–H groups in total. The molecule has 0 fully saturated rings. The van der Waals surface area contributed by atoms with Gasteiger partial charge in [-0.1, -0.05) is 42.5 Å². The van der Waals surface area contributed by atoms with Crippen LogP contribution in [0.4, 0.5) is 5.95 Å². The Labute approximate surface area is 177 Å². The third kappa shape index (κ3) is 3.22. The largest absolute Gasteiger partial charge is 0.497 e. The number of carbonyl (C=O) groups excluding carboxylic acids is 1. The highest BCUT2D eigenvalue weighted by atomic mass is 16.5. The molecule has 0 aliphatic carbocycles. The zero-order valence-electron chi connectivity index (χ0n) is 16.6. The first kappa shape index (κ1) is 18.6. The number of amides is 1. The van der Waals surface area contributed by atoms with Crippen LogP contribution in [0.15, 0.2) is 89.9 Å². The number of anilines is 1. The zero-order chi connectivity index (χ0) is 21.4. The lowest BCUT2D eigenvalue weighted by atomic mass is 10.1. The van der Waals surface area contributed by atoms with Crippen molar-refractivity contribution in [1.82, 2.24) is 14.0 Å². The predicted octanol–water partition coefficient (Wildman–Crippen LogP) is 3.88. The number of rotatable bonds is 4. The maximum absolute atomic E-state index is 13.3. The van der Waals surface area contributed by atoms with E-state index in [2.05, 4.69) is 10.3 Å². The van der Waals surface area contributed by atoms with E-state index in [-0.39, 0.29) is 17.4 Å². The molecule has 7 nitrogen and oxygen atoms in total. The number of methoxy groups -OCH3 is 1. The third-order valence-corrected chi connectivity index (χ3v) is 5.11. The highest BCUT2D eigenvalue weighted by Gasteiger charge is 2.17. The Morgan fingerprint density at radius 1 is 0.935 bits per heavy atom. The van der Waals surface area contributed by atoms with Crippen LogP contribution in [-0.4, -0.2) is 27.0 Å². The first-order chi connectivity index (χ1) is 15.2. The van der Waals surface area contributed by atoms with Gasteiger partial charge in [0.2, 0.25) is 5.95 Å². The predicted molar refractivity (Wildman–Crippen MR) is 119 cm³/mol. The SMILES string of the molecule is COc1ccc(C(=O)Nc2nc3ccccc3n3cc(-c4ccccc4)c(=O)n23)cc1. The van der Waals surface area contributed by atoms with Gasteiger partial charge in [0.25, 0.3) is 11.5 Å². The summed E-state index contributed by atoms with van der Waals surface area (Å²) < 4.78 is 8.24. The van der Waals surface area contributed by atoms with Crippen LogP contribution in [0.1, 0.15) is 10.4 Å². The second-order valence-corrected chi connectivity index (χ2v) is 6.98. The molecule has 5 aromatic rings. The van der Waals surface area contributed by atoms with E-state index < -0.39 is 0 Å². The van der Waals surface area contributed by atoms with E-state index in [1.54, 1.807) is 42.1 Å². The topological polar surface area (TPSA) is 77.1 Å². The van der Waals surface area contributed by atoms with E-state index in [1.807, 2.05) is 54.6 Å². The van der Waals surface area contributed by atoms with E-state index in [0.29, 0.717) is 22.4 Å². The fourth-order valence-corrected chi connectivity index (χ4v) is 3.55. The Morgan fingerprint density at radius 2 is 1.65 bits per heavy atom. The van der Waals surface area contributed by atoms with E-state index in [1.165, 1.54) is 4.52 Å². The van der Waals surface area contributed by atoms with Crippen molar-refractivity contribution in [2.45, 2.75) is 0 Å². The number of hydrogen-bond acceptors (Lipinski definition) is 4. The second-order valence-electron chi connectivity index (χ2n) is 6.98. The summed E-state index contributed by atoms with van der Waals surface area (Å²) >= 11 is 0. The number of ether oxygens (including phenoxy) is 1. The van der Waals surface area contributed by atoms with E-state index in [0.717, 1.165) is 11.1 Å². The number of hydrogen-bond donors (Lipinski definition) is 1. The van der Waals surface area contributed by atoms with Crippen molar-refractivity contribution in [1.29, 1.82) is 0 Å². The van der Waals surface area contributed by atoms with Crippen LogP contribution in [0.5, 0.6) is 5.75 Å². The van der Waals surface area contributed by atoms with E-state index in [9.17, 15) is 9.59 Å². The average Bonchev–Trinajstić information content (AvgIpc) is 3.17. The first-order valence-electron chi connectivity index (χ1n) is 9.69. The molecule has 2 aromatic heterocycles. The number of benzene rings is 3. The molecule has 2 heterocycles. The van der Waals surface area contributed by atoms with Gasteiger partial charge in [-0.25, -0.2) is 9.50 Å². The van der Waals surface area contributed by atoms with Gasteiger partial charge in [-0.05, 0) is 42.0 Å². The molecule has 0 unspecified atom stereocenters. The summed E-state index contributed by atoms with van der Waals surface area (Å²) in [4.78, 5) is 30.8. The Balaban J connectivity index is 1.68. The number of fused-ring (bicyclic) bond motifs is 3. The molecule has 0 aliphatic rings. The molecule has 0 bridgehead atoms. The Morgan fingerprint density at radius 3 is 2.39 bits per heavy atom. The van der Waals surface area contributed by atoms with Gasteiger partial charge in [0, 0.05) is 11.8 Å². The monoisotopic (exact) mass is 410 g/mol. The number of carbonyl (C=O) groups is 1. The Hall–Kier alpha value is -4.39. The van der Waals surface area contributed by atoms with E-state index in [4.69, 9.17) is 4.74 Å². The average molecular weight is 410 g/mol. The minimum atomic E-state index is -0.373.